The molecule has 31 heavy (non-hydrogen) atoms. The molecule has 0 bridgehead atoms. The molecule has 1 nitrogen and oxygen atoms in total. The van der Waals surface area contributed by atoms with Gasteiger partial charge in [0.2, 0.25) is 0 Å². The van der Waals surface area contributed by atoms with Crippen LogP contribution in [0.2, 0.25) is 0 Å². The summed E-state index contributed by atoms with van der Waals surface area (Å²) >= 11 is 1.81. The minimum Gasteiger partial charge on any atom is -0.497 e. The van der Waals surface area contributed by atoms with E-state index in [0.29, 0.717) is 0 Å². The molecule has 0 aliphatic rings. The molecule has 0 aliphatic heterocycles. The Hall–Kier alpha value is -3.43. The van der Waals surface area contributed by atoms with Crippen molar-refractivity contribution in [3.05, 3.63) is 113 Å². The number of hydrogen-bond acceptors (Lipinski definition) is 2. The first kappa shape index (κ1) is 19.5. The van der Waals surface area contributed by atoms with E-state index in [1.165, 1.54) is 43.8 Å². The van der Waals surface area contributed by atoms with E-state index in [-0.39, 0.29) is 5.82 Å². The van der Waals surface area contributed by atoms with Gasteiger partial charge >= 0.3 is 0 Å². The van der Waals surface area contributed by atoms with Gasteiger partial charge in [0.05, 0.1) is 7.11 Å². The molecular weight excluding hydrogens is 403 g/mol. The fourth-order valence-electron chi connectivity index (χ4n) is 3.94. The predicted molar refractivity (Wildman–Crippen MR) is 128 cm³/mol. The van der Waals surface area contributed by atoms with Crippen molar-refractivity contribution in [2.24, 2.45) is 0 Å². The van der Waals surface area contributed by atoms with E-state index in [0.717, 1.165) is 23.3 Å². The van der Waals surface area contributed by atoms with Crippen molar-refractivity contribution in [1.29, 1.82) is 0 Å². The van der Waals surface area contributed by atoms with Crippen molar-refractivity contribution >= 4 is 21.4 Å². The lowest BCUT2D eigenvalue weighted by Crippen LogP contribution is -1.89. The second kappa shape index (κ2) is 8.37. The van der Waals surface area contributed by atoms with E-state index in [1.54, 1.807) is 7.11 Å². The van der Waals surface area contributed by atoms with Crippen LogP contribution in [-0.2, 0) is 6.42 Å². The van der Waals surface area contributed by atoms with Gasteiger partial charge in [-0.25, -0.2) is 4.39 Å². The van der Waals surface area contributed by atoms with E-state index < -0.39 is 0 Å². The van der Waals surface area contributed by atoms with Gasteiger partial charge in [-0.15, -0.1) is 11.3 Å². The summed E-state index contributed by atoms with van der Waals surface area (Å²) in [7, 11) is 1.68. The zero-order valence-electron chi connectivity index (χ0n) is 17.1. The normalized spacial score (nSPS) is 11.0. The van der Waals surface area contributed by atoms with Gasteiger partial charge < -0.3 is 4.74 Å². The van der Waals surface area contributed by atoms with Gasteiger partial charge in [-0.1, -0.05) is 66.7 Å². The molecule has 0 saturated carbocycles. The van der Waals surface area contributed by atoms with Gasteiger partial charge in [0.15, 0.2) is 0 Å². The molecule has 5 aromatic rings. The summed E-state index contributed by atoms with van der Waals surface area (Å²) in [4.78, 5) is 1.30. The van der Waals surface area contributed by atoms with Crippen LogP contribution < -0.4 is 4.74 Å². The average Bonchev–Trinajstić information content (AvgIpc) is 3.18. The topological polar surface area (TPSA) is 9.23 Å². The Morgan fingerprint density at radius 2 is 1.32 bits per heavy atom. The van der Waals surface area contributed by atoms with Crippen LogP contribution in [0.4, 0.5) is 4.39 Å². The molecule has 3 heteroatoms. The van der Waals surface area contributed by atoms with Gasteiger partial charge in [-0.2, -0.15) is 0 Å². The fraction of sp³-hybridized carbons (Fsp3) is 0.0714. The summed E-state index contributed by atoms with van der Waals surface area (Å²) in [6, 6.07) is 32.2. The van der Waals surface area contributed by atoms with E-state index in [4.69, 9.17) is 4.74 Å². The molecule has 0 saturated heterocycles. The molecule has 0 unspecified atom stereocenters. The van der Waals surface area contributed by atoms with Crippen molar-refractivity contribution in [2.75, 3.05) is 7.11 Å². The minimum atomic E-state index is -0.200. The van der Waals surface area contributed by atoms with Crippen LogP contribution >= 0.6 is 11.3 Å². The quantitative estimate of drug-likeness (QED) is 0.278. The molecule has 152 valence electrons. The number of thiophene rings is 1. The standard InChI is InChI=1S/C28H21FOS/c1-30-24-16-12-21(13-17-24)20-8-10-22(11-9-20)28-25-4-2-3-5-26(25)31-27(28)18-19-6-14-23(29)15-7-19/h2-17H,18H2,1H3. The SMILES string of the molecule is COc1ccc(-c2ccc(-c3c(Cc4ccc(F)cc4)sc4ccccc34)cc2)cc1. The summed E-state index contributed by atoms with van der Waals surface area (Å²) in [5.74, 6) is 0.657. The molecule has 0 N–H and O–H groups in total. The summed E-state index contributed by atoms with van der Waals surface area (Å²) in [6.07, 6.45) is 0.787. The summed E-state index contributed by atoms with van der Waals surface area (Å²) < 4.78 is 19.9. The van der Waals surface area contributed by atoms with Gasteiger partial charge in [-0.3, -0.25) is 0 Å². The van der Waals surface area contributed by atoms with Crippen LogP contribution in [-0.4, -0.2) is 7.11 Å². The number of methoxy groups -OCH3 is 1. The Balaban J connectivity index is 1.54. The molecule has 0 atom stereocenters. The van der Waals surface area contributed by atoms with E-state index >= 15 is 0 Å². The zero-order chi connectivity index (χ0) is 21.2. The van der Waals surface area contributed by atoms with Gasteiger partial charge in [0, 0.05) is 26.9 Å². The molecule has 0 spiro atoms. The first-order chi connectivity index (χ1) is 15.2. The average molecular weight is 425 g/mol. The number of benzene rings is 4. The van der Waals surface area contributed by atoms with E-state index in [1.807, 2.05) is 35.6 Å². The molecule has 0 fully saturated rings. The number of hydrogen-bond donors (Lipinski definition) is 0. The maximum atomic E-state index is 13.4. The van der Waals surface area contributed by atoms with Crippen molar-refractivity contribution in [3.8, 4) is 28.0 Å². The highest BCUT2D eigenvalue weighted by molar-refractivity contribution is 7.19. The highest BCUT2D eigenvalue weighted by Gasteiger charge is 2.14. The van der Waals surface area contributed by atoms with Crippen LogP contribution in [0.5, 0.6) is 5.75 Å². The van der Waals surface area contributed by atoms with Crippen molar-refractivity contribution in [2.45, 2.75) is 6.42 Å². The molecule has 5 rings (SSSR count). The monoisotopic (exact) mass is 424 g/mol. The molecule has 0 aliphatic carbocycles. The second-order valence-corrected chi connectivity index (χ2v) is 8.64. The number of fused-ring (bicyclic) bond motifs is 1. The highest BCUT2D eigenvalue weighted by Crippen LogP contribution is 2.40. The van der Waals surface area contributed by atoms with E-state index in [2.05, 4.69) is 60.7 Å². The van der Waals surface area contributed by atoms with Gasteiger partial charge in [-0.05, 0) is 52.6 Å². The number of ether oxygens (including phenoxy) is 1. The smallest absolute Gasteiger partial charge is 0.123 e. The van der Waals surface area contributed by atoms with Crippen LogP contribution in [0.1, 0.15) is 10.4 Å². The van der Waals surface area contributed by atoms with Crippen molar-refractivity contribution in [3.63, 3.8) is 0 Å². The fourth-order valence-corrected chi connectivity index (χ4v) is 5.20. The lowest BCUT2D eigenvalue weighted by molar-refractivity contribution is 0.415. The molecule has 0 amide bonds. The third kappa shape index (κ3) is 3.97. The number of rotatable bonds is 5. The molecule has 1 heterocycles. The van der Waals surface area contributed by atoms with E-state index in [9.17, 15) is 4.39 Å². The summed E-state index contributed by atoms with van der Waals surface area (Å²) in [5.41, 5.74) is 5.92. The Kier molecular flexibility index (Phi) is 5.27. The van der Waals surface area contributed by atoms with Crippen molar-refractivity contribution < 1.29 is 9.13 Å². The van der Waals surface area contributed by atoms with Crippen LogP contribution in [0, 0.1) is 5.82 Å². The lowest BCUT2D eigenvalue weighted by atomic mass is 9.96. The molecule has 1 aromatic heterocycles. The van der Waals surface area contributed by atoms with Crippen molar-refractivity contribution in [1.82, 2.24) is 0 Å². The van der Waals surface area contributed by atoms with Gasteiger partial charge in [0.1, 0.15) is 11.6 Å². The Bertz CT molecular complexity index is 1320. The Labute approximate surface area is 185 Å². The molecule has 4 aromatic carbocycles. The largest absolute Gasteiger partial charge is 0.497 e. The predicted octanol–water partition coefficient (Wildman–Crippen LogP) is 7.97. The minimum absolute atomic E-state index is 0.200. The third-order valence-electron chi connectivity index (χ3n) is 5.54. The first-order valence-electron chi connectivity index (χ1n) is 10.2. The summed E-state index contributed by atoms with van der Waals surface area (Å²) in [5, 5.41) is 1.27. The molecular formula is C28H21FOS. The Morgan fingerprint density at radius 1 is 0.710 bits per heavy atom. The number of halogens is 1. The molecule has 0 radical (unpaired) electrons. The van der Waals surface area contributed by atoms with Crippen LogP contribution in [0.25, 0.3) is 32.3 Å². The summed E-state index contributed by atoms with van der Waals surface area (Å²) in [6.45, 7) is 0. The lowest BCUT2D eigenvalue weighted by Gasteiger charge is -2.08. The second-order valence-electron chi connectivity index (χ2n) is 7.51. The third-order valence-corrected chi connectivity index (χ3v) is 6.71. The highest BCUT2D eigenvalue weighted by atomic mass is 32.1. The van der Waals surface area contributed by atoms with Gasteiger partial charge in [0.25, 0.3) is 0 Å². The van der Waals surface area contributed by atoms with Crippen LogP contribution in [0.3, 0.4) is 0 Å². The maximum Gasteiger partial charge on any atom is 0.123 e. The first-order valence-corrected chi connectivity index (χ1v) is 11.0. The van der Waals surface area contributed by atoms with Crippen LogP contribution in [0.15, 0.2) is 97.1 Å². The maximum absolute atomic E-state index is 13.4. The Morgan fingerprint density at radius 3 is 2.00 bits per heavy atom. The zero-order valence-corrected chi connectivity index (χ0v) is 18.0.